The highest BCUT2D eigenvalue weighted by Crippen LogP contribution is 2.46. The monoisotopic (exact) mass is 511 g/mol. The van der Waals surface area contributed by atoms with Crippen molar-refractivity contribution in [1.82, 2.24) is 19.9 Å². The van der Waals surface area contributed by atoms with Gasteiger partial charge in [0.2, 0.25) is 5.95 Å². The summed E-state index contributed by atoms with van der Waals surface area (Å²) < 4.78 is 13.3. The number of thioether (sulfide) groups is 1. The number of nitrogens with two attached hydrogens (primary N) is 1. The zero-order valence-corrected chi connectivity index (χ0v) is 19.8. The minimum atomic E-state index is -0.662. The number of anilines is 2. The van der Waals surface area contributed by atoms with Gasteiger partial charge in [-0.1, -0.05) is 30.5 Å². The van der Waals surface area contributed by atoms with Crippen LogP contribution in [0, 0.1) is 18.3 Å². The fourth-order valence-corrected chi connectivity index (χ4v) is 5.18. The van der Waals surface area contributed by atoms with Crippen LogP contribution in [0.4, 0.5) is 21.8 Å². The van der Waals surface area contributed by atoms with Gasteiger partial charge in [-0.15, -0.1) is 17.4 Å². The number of aliphatic imine (C=N–C) groups is 1. The van der Waals surface area contributed by atoms with E-state index in [-0.39, 0.29) is 29.8 Å². The number of amidine groups is 1. The number of amides is 1. The molecule has 1 fully saturated rings. The Morgan fingerprint density at radius 3 is 2.74 bits per heavy atom. The number of rotatable bonds is 4. The molecule has 2 aliphatic heterocycles. The molecule has 178 valence electrons. The average Bonchev–Trinajstić information content (AvgIpc) is 3.24. The van der Waals surface area contributed by atoms with E-state index < -0.39 is 17.3 Å². The van der Waals surface area contributed by atoms with Crippen molar-refractivity contribution in [3.05, 3.63) is 77.5 Å². The van der Waals surface area contributed by atoms with Crippen LogP contribution in [0.5, 0.6) is 0 Å². The van der Waals surface area contributed by atoms with E-state index in [9.17, 15) is 9.18 Å². The Bertz CT molecular complexity index is 1320. The molecule has 35 heavy (non-hydrogen) atoms. The lowest BCUT2D eigenvalue weighted by Crippen LogP contribution is -2.40. The number of fused-ring (bicyclic) bond motifs is 1. The molecular formula is C22H19ClFN9OS. The second-order valence-electron chi connectivity index (χ2n) is 7.87. The van der Waals surface area contributed by atoms with Gasteiger partial charge in [0.25, 0.3) is 11.7 Å². The van der Waals surface area contributed by atoms with Crippen LogP contribution in [0.1, 0.15) is 16.1 Å². The molecule has 2 aliphatic rings. The molecule has 1 saturated heterocycles. The maximum absolute atomic E-state index is 13.3. The van der Waals surface area contributed by atoms with E-state index in [1.54, 1.807) is 6.07 Å². The van der Waals surface area contributed by atoms with Crippen molar-refractivity contribution in [3.8, 4) is 0 Å². The molecule has 5 rings (SSSR count). The molecule has 0 radical (unpaired) electrons. The topological polar surface area (TPSA) is 127 Å². The summed E-state index contributed by atoms with van der Waals surface area (Å²) in [7, 11) is 0. The Morgan fingerprint density at radius 2 is 2.03 bits per heavy atom. The van der Waals surface area contributed by atoms with Gasteiger partial charge in [-0.25, -0.2) is 19.4 Å². The molecule has 13 heteroatoms. The highest BCUT2D eigenvalue weighted by atomic mass is 35.5. The molecule has 0 aliphatic carbocycles. The van der Waals surface area contributed by atoms with Gasteiger partial charge in [0.05, 0.1) is 25.1 Å². The summed E-state index contributed by atoms with van der Waals surface area (Å²) in [5.74, 6) is 0.476. The number of aromatic nitrogens is 4. The van der Waals surface area contributed by atoms with Crippen LogP contribution in [0.2, 0.25) is 0 Å². The van der Waals surface area contributed by atoms with Gasteiger partial charge in [0.15, 0.2) is 16.7 Å². The van der Waals surface area contributed by atoms with E-state index in [2.05, 4.69) is 30.1 Å². The Kier molecular flexibility index (Phi) is 6.81. The molecule has 0 unspecified atom stereocenters. The lowest BCUT2D eigenvalue weighted by atomic mass is 9.81. The van der Waals surface area contributed by atoms with Crippen LogP contribution >= 0.6 is 24.2 Å². The standard InChI is InChI=1S/C22H18FN9OS.ClH/c1-25-18-9-26-17(8-27-18)19(33)30-16-4-2-3-13(5-16)22-12-32(21-28-6-15(23)7-29-21)10-14(22)11-34-20(24)31-22;/h2-9,14H,10-12H2,(H2,24,31)(H,30,33);1H/t14-,22+;/m0./s1. The number of nitrogens with zero attached hydrogens (tertiary/aromatic N) is 7. The Morgan fingerprint density at radius 1 is 1.23 bits per heavy atom. The summed E-state index contributed by atoms with van der Waals surface area (Å²) in [6.07, 6.45) is 4.81. The number of hydrogen-bond acceptors (Lipinski definition) is 9. The van der Waals surface area contributed by atoms with Crippen molar-refractivity contribution >= 4 is 52.7 Å². The summed E-state index contributed by atoms with van der Waals surface area (Å²) >= 11 is 1.50. The minimum Gasteiger partial charge on any atom is -0.379 e. The SMILES string of the molecule is Cl.[C-]#[N+]c1cnc(C(=O)Nc2cccc([C@]34CN(c5ncc(F)cn5)C[C@H]3CSC(N)=N4)c2)cn1. The van der Waals surface area contributed by atoms with Gasteiger partial charge in [-0.2, -0.15) is 0 Å². The lowest BCUT2D eigenvalue weighted by Gasteiger charge is -2.34. The van der Waals surface area contributed by atoms with Gasteiger partial charge >= 0.3 is 0 Å². The van der Waals surface area contributed by atoms with Crippen molar-refractivity contribution in [2.45, 2.75) is 5.54 Å². The van der Waals surface area contributed by atoms with Crippen molar-refractivity contribution in [2.24, 2.45) is 16.6 Å². The number of nitrogens with one attached hydrogen (secondary N) is 1. The molecule has 1 amide bonds. The summed E-state index contributed by atoms with van der Waals surface area (Å²) in [4.78, 5) is 38.8. The van der Waals surface area contributed by atoms with Crippen LogP contribution < -0.4 is 16.0 Å². The van der Waals surface area contributed by atoms with Gasteiger partial charge in [-0.3, -0.25) is 9.78 Å². The highest BCUT2D eigenvalue weighted by molar-refractivity contribution is 8.13. The van der Waals surface area contributed by atoms with Crippen molar-refractivity contribution in [3.63, 3.8) is 0 Å². The third-order valence-corrected chi connectivity index (χ3v) is 6.74. The molecule has 1 aromatic carbocycles. The number of benzene rings is 1. The van der Waals surface area contributed by atoms with E-state index in [0.29, 0.717) is 29.9 Å². The zero-order valence-electron chi connectivity index (χ0n) is 18.1. The van der Waals surface area contributed by atoms with Gasteiger partial charge in [0.1, 0.15) is 11.7 Å². The van der Waals surface area contributed by atoms with E-state index in [1.807, 2.05) is 23.1 Å². The van der Waals surface area contributed by atoms with Crippen LogP contribution in [0.3, 0.4) is 0 Å². The predicted octanol–water partition coefficient (Wildman–Crippen LogP) is 3.02. The Hall–Kier alpha value is -3.82. The van der Waals surface area contributed by atoms with Crippen molar-refractivity contribution in [1.29, 1.82) is 0 Å². The first kappa shape index (κ1) is 24.3. The number of carbonyl (C=O) groups excluding carboxylic acids is 1. The summed E-state index contributed by atoms with van der Waals surface area (Å²) in [5.41, 5.74) is 7.04. The molecular weight excluding hydrogens is 493 g/mol. The molecule has 0 bridgehead atoms. The van der Waals surface area contributed by atoms with Crippen molar-refractivity contribution < 1.29 is 9.18 Å². The van der Waals surface area contributed by atoms with Crippen molar-refractivity contribution in [2.75, 3.05) is 29.1 Å². The smallest absolute Gasteiger partial charge is 0.288 e. The second-order valence-corrected chi connectivity index (χ2v) is 8.91. The number of halogens is 2. The van der Waals surface area contributed by atoms with Crippen LogP contribution in [0.25, 0.3) is 4.85 Å². The first-order chi connectivity index (χ1) is 16.5. The molecule has 0 spiro atoms. The van der Waals surface area contributed by atoms with Crippen LogP contribution in [-0.4, -0.2) is 49.9 Å². The number of carbonyl (C=O) groups is 1. The third-order valence-electron chi connectivity index (χ3n) is 5.79. The number of hydrogen-bond donors (Lipinski definition) is 2. The fourth-order valence-electron chi connectivity index (χ4n) is 4.20. The summed E-state index contributed by atoms with van der Waals surface area (Å²) in [5, 5.41) is 3.32. The third kappa shape index (κ3) is 4.73. The van der Waals surface area contributed by atoms with Gasteiger partial charge < -0.3 is 20.8 Å². The quantitative estimate of drug-likeness (QED) is 0.512. The lowest BCUT2D eigenvalue weighted by molar-refractivity contribution is 0.102. The Labute approximate surface area is 210 Å². The second kappa shape index (κ2) is 9.81. The highest BCUT2D eigenvalue weighted by Gasteiger charge is 2.50. The molecule has 2 aromatic heterocycles. The molecule has 3 N–H and O–H groups in total. The normalized spacial score (nSPS) is 20.7. The van der Waals surface area contributed by atoms with Crippen LogP contribution in [0.15, 0.2) is 54.0 Å². The molecule has 10 nitrogen and oxygen atoms in total. The maximum atomic E-state index is 13.3. The molecule has 4 heterocycles. The first-order valence-electron chi connectivity index (χ1n) is 10.3. The van der Waals surface area contributed by atoms with Gasteiger partial charge in [-0.05, 0) is 17.7 Å². The zero-order chi connectivity index (χ0) is 23.7. The van der Waals surface area contributed by atoms with Crippen LogP contribution in [-0.2, 0) is 5.54 Å². The van der Waals surface area contributed by atoms with Gasteiger partial charge in [0, 0.05) is 23.9 Å². The maximum Gasteiger partial charge on any atom is 0.288 e. The largest absolute Gasteiger partial charge is 0.379 e. The first-order valence-corrected chi connectivity index (χ1v) is 11.3. The van der Waals surface area contributed by atoms with E-state index >= 15 is 0 Å². The minimum absolute atomic E-state index is 0. The summed E-state index contributed by atoms with van der Waals surface area (Å²) in [6, 6.07) is 7.44. The summed E-state index contributed by atoms with van der Waals surface area (Å²) in [6.45, 7) is 8.04. The fraction of sp³-hybridized carbons (Fsp3) is 0.227. The average molecular weight is 512 g/mol. The van der Waals surface area contributed by atoms with E-state index in [0.717, 1.165) is 23.7 Å². The van der Waals surface area contributed by atoms with E-state index in [1.165, 1.54) is 24.2 Å². The molecule has 0 saturated carbocycles. The molecule has 3 aromatic rings. The predicted molar refractivity (Wildman–Crippen MR) is 133 cm³/mol. The van der Waals surface area contributed by atoms with E-state index in [4.69, 9.17) is 17.3 Å². The molecule has 2 atom stereocenters. The Balaban J connectivity index is 0.00000289.